The number of hydrogen-bond donors (Lipinski definition) is 0. The lowest BCUT2D eigenvalue weighted by atomic mass is 10.1. The van der Waals surface area contributed by atoms with E-state index in [4.69, 9.17) is 9.47 Å². The fourth-order valence-corrected chi connectivity index (χ4v) is 3.28. The van der Waals surface area contributed by atoms with Gasteiger partial charge in [-0.05, 0) is 48.5 Å². The summed E-state index contributed by atoms with van der Waals surface area (Å²) in [4.78, 5) is 17.9. The smallest absolute Gasteiger partial charge is 0.416 e. The van der Waals surface area contributed by atoms with Gasteiger partial charge in [0.15, 0.2) is 0 Å². The summed E-state index contributed by atoms with van der Waals surface area (Å²) < 4.78 is 50.7. The highest BCUT2D eigenvalue weighted by Crippen LogP contribution is 2.31. The predicted molar refractivity (Wildman–Crippen MR) is 111 cm³/mol. The van der Waals surface area contributed by atoms with E-state index < -0.39 is 17.3 Å². The second-order valence-electron chi connectivity index (χ2n) is 6.73. The summed E-state index contributed by atoms with van der Waals surface area (Å²) in [6.45, 7) is 0. The van der Waals surface area contributed by atoms with Crippen molar-refractivity contribution in [1.29, 1.82) is 0 Å². The molecule has 31 heavy (non-hydrogen) atoms. The summed E-state index contributed by atoms with van der Waals surface area (Å²) in [7, 11) is 3.05. The van der Waals surface area contributed by atoms with Crippen LogP contribution in [0.3, 0.4) is 0 Å². The Bertz CT molecular complexity index is 1300. The zero-order valence-corrected chi connectivity index (χ0v) is 16.6. The van der Waals surface area contributed by atoms with Crippen molar-refractivity contribution < 1.29 is 22.6 Å². The molecule has 5 nitrogen and oxygen atoms in total. The van der Waals surface area contributed by atoms with Gasteiger partial charge in [-0.15, -0.1) is 0 Å². The number of methoxy groups -OCH3 is 2. The molecule has 1 heterocycles. The summed E-state index contributed by atoms with van der Waals surface area (Å²) in [5.74, 6) is 1.16. The molecule has 0 spiro atoms. The van der Waals surface area contributed by atoms with Crippen LogP contribution < -0.4 is 15.0 Å². The monoisotopic (exact) mass is 426 g/mol. The largest absolute Gasteiger partial charge is 0.497 e. The minimum atomic E-state index is -4.46. The van der Waals surface area contributed by atoms with E-state index >= 15 is 0 Å². The van der Waals surface area contributed by atoms with Crippen LogP contribution in [0.4, 0.5) is 13.2 Å². The van der Waals surface area contributed by atoms with E-state index in [1.165, 1.54) is 30.9 Å². The number of nitrogens with zero attached hydrogens (tertiary/aromatic N) is 2. The van der Waals surface area contributed by atoms with Crippen LogP contribution in [-0.2, 0) is 6.18 Å². The Morgan fingerprint density at radius 2 is 1.45 bits per heavy atom. The lowest BCUT2D eigenvalue weighted by Crippen LogP contribution is -2.22. The molecule has 0 amide bonds. The summed E-state index contributed by atoms with van der Waals surface area (Å²) >= 11 is 0. The standard InChI is InChI=1S/C23H17F3N2O3/c1-30-17-9-7-16(8-10-17)28-20-13-18(31-2)11-12-19(20)27-21(22(28)29)14-3-5-15(6-4-14)23(24,25)26/h3-13H,1-2H3. The highest BCUT2D eigenvalue weighted by Gasteiger charge is 2.30. The maximum Gasteiger partial charge on any atom is 0.416 e. The molecule has 0 radical (unpaired) electrons. The molecule has 0 atom stereocenters. The number of ether oxygens (including phenoxy) is 2. The topological polar surface area (TPSA) is 53.4 Å². The van der Waals surface area contributed by atoms with Gasteiger partial charge >= 0.3 is 6.18 Å². The molecular weight excluding hydrogens is 409 g/mol. The zero-order valence-electron chi connectivity index (χ0n) is 16.6. The molecule has 0 saturated carbocycles. The number of fused-ring (bicyclic) bond motifs is 1. The summed E-state index contributed by atoms with van der Waals surface area (Å²) in [6, 6.07) is 16.3. The molecule has 158 valence electrons. The van der Waals surface area contributed by atoms with Crippen LogP contribution in [0.5, 0.6) is 11.5 Å². The van der Waals surface area contributed by atoms with Gasteiger partial charge in [-0.3, -0.25) is 9.36 Å². The number of alkyl halides is 3. The Morgan fingerprint density at radius 3 is 2.03 bits per heavy atom. The Morgan fingerprint density at radius 1 is 0.839 bits per heavy atom. The van der Waals surface area contributed by atoms with E-state index in [0.717, 1.165) is 12.1 Å². The molecule has 0 aliphatic carbocycles. The average molecular weight is 426 g/mol. The van der Waals surface area contributed by atoms with Crippen molar-refractivity contribution >= 4 is 11.0 Å². The van der Waals surface area contributed by atoms with E-state index in [1.807, 2.05) is 0 Å². The lowest BCUT2D eigenvalue weighted by molar-refractivity contribution is -0.137. The third-order valence-corrected chi connectivity index (χ3v) is 4.88. The van der Waals surface area contributed by atoms with Gasteiger partial charge in [0, 0.05) is 17.3 Å². The number of aromatic nitrogens is 2. The first kappa shape index (κ1) is 20.5. The van der Waals surface area contributed by atoms with Gasteiger partial charge in [0.05, 0.1) is 30.8 Å². The number of benzene rings is 3. The van der Waals surface area contributed by atoms with Crippen LogP contribution in [0.15, 0.2) is 71.5 Å². The Balaban J connectivity index is 1.97. The SMILES string of the molecule is COc1ccc(-n2c(=O)c(-c3ccc(C(F)(F)F)cc3)nc3ccc(OC)cc32)cc1. The summed E-state index contributed by atoms with van der Waals surface area (Å²) in [5.41, 5.74) is 0.624. The summed E-state index contributed by atoms with van der Waals surface area (Å²) in [5, 5.41) is 0. The molecular formula is C23H17F3N2O3. The molecule has 3 aromatic carbocycles. The third kappa shape index (κ3) is 3.84. The molecule has 1 aromatic heterocycles. The van der Waals surface area contributed by atoms with Crippen LogP contribution >= 0.6 is 0 Å². The van der Waals surface area contributed by atoms with Crippen LogP contribution in [0.2, 0.25) is 0 Å². The Hall–Kier alpha value is -3.81. The summed E-state index contributed by atoms with van der Waals surface area (Å²) in [6.07, 6.45) is -4.46. The van der Waals surface area contributed by atoms with Gasteiger partial charge in [-0.2, -0.15) is 13.2 Å². The molecule has 4 rings (SSSR count). The first-order chi connectivity index (χ1) is 14.8. The van der Waals surface area contributed by atoms with E-state index in [1.54, 1.807) is 42.5 Å². The fourth-order valence-electron chi connectivity index (χ4n) is 3.28. The van der Waals surface area contributed by atoms with Crippen molar-refractivity contribution in [2.24, 2.45) is 0 Å². The Labute approximate surface area is 175 Å². The molecule has 0 bridgehead atoms. The van der Waals surface area contributed by atoms with E-state index in [-0.39, 0.29) is 11.3 Å². The Kier molecular flexibility index (Phi) is 5.14. The highest BCUT2D eigenvalue weighted by atomic mass is 19.4. The normalized spacial score (nSPS) is 11.5. The van der Waals surface area contributed by atoms with Crippen molar-refractivity contribution in [3.05, 3.63) is 82.6 Å². The maximum absolute atomic E-state index is 13.4. The van der Waals surface area contributed by atoms with Crippen molar-refractivity contribution in [2.45, 2.75) is 6.18 Å². The molecule has 0 aliphatic rings. The second-order valence-corrected chi connectivity index (χ2v) is 6.73. The van der Waals surface area contributed by atoms with Gasteiger partial charge in [-0.25, -0.2) is 4.98 Å². The van der Waals surface area contributed by atoms with Gasteiger partial charge in [0.1, 0.15) is 17.2 Å². The average Bonchev–Trinajstić information content (AvgIpc) is 2.78. The minimum Gasteiger partial charge on any atom is -0.497 e. The van der Waals surface area contributed by atoms with Crippen LogP contribution in [0.1, 0.15) is 5.56 Å². The van der Waals surface area contributed by atoms with Crippen molar-refractivity contribution in [3.8, 4) is 28.4 Å². The van der Waals surface area contributed by atoms with Crippen molar-refractivity contribution in [2.75, 3.05) is 14.2 Å². The quantitative estimate of drug-likeness (QED) is 0.456. The predicted octanol–water partition coefficient (Wildman–Crippen LogP) is 5.09. The lowest BCUT2D eigenvalue weighted by Gasteiger charge is -2.14. The fraction of sp³-hybridized carbons (Fsp3) is 0.130. The second kappa shape index (κ2) is 7.79. The van der Waals surface area contributed by atoms with E-state index in [0.29, 0.717) is 28.2 Å². The number of rotatable bonds is 4. The minimum absolute atomic E-state index is 0.0437. The molecule has 0 aliphatic heterocycles. The molecule has 8 heteroatoms. The van der Waals surface area contributed by atoms with Gasteiger partial charge in [0.25, 0.3) is 5.56 Å². The maximum atomic E-state index is 13.4. The molecule has 4 aromatic rings. The van der Waals surface area contributed by atoms with Gasteiger partial charge in [0.2, 0.25) is 0 Å². The van der Waals surface area contributed by atoms with Gasteiger partial charge < -0.3 is 9.47 Å². The molecule has 0 N–H and O–H groups in total. The van der Waals surface area contributed by atoms with Crippen LogP contribution in [0.25, 0.3) is 28.0 Å². The highest BCUT2D eigenvalue weighted by molar-refractivity contribution is 5.81. The van der Waals surface area contributed by atoms with Crippen molar-refractivity contribution in [1.82, 2.24) is 9.55 Å². The molecule has 0 fully saturated rings. The van der Waals surface area contributed by atoms with Gasteiger partial charge in [-0.1, -0.05) is 12.1 Å². The molecule has 0 saturated heterocycles. The zero-order chi connectivity index (χ0) is 22.2. The van der Waals surface area contributed by atoms with Crippen molar-refractivity contribution in [3.63, 3.8) is 0 Å². The van der Waals surface area contributed by atoms with E-state index in [9.17, 15) is 18.0 Å². The third-order valence-electron chi connectivity index (χ3n) is 4.88. The van der Waals surface area contributed by atoms with Crippen LogP contribution in [0, 0.1) is 0 Å². The first-order valence-corrected chi connectivity index (χ1v) is 9.24. The van der Waals surface area contributed by atoms with Crippen LogP contribution in [-0.4, -0.2) is 23.8 Å². The first-order valence-electron chi connectivity index (χ1n) is 9.24. The number of halogens is 3. The molecule has 0 unspecified atom stereocenters. The number of hydrogen-bond acceptors (Lipinski definition) is 4. The van der Waals surface area contributed by atoms with E-state index in [2.05, 4.69) is 4.98 Å².